The van der Waals surface area contributed by atoms with E-state index in [1.807, 2.05) is 4.90 Å². The predicted molar refractivity (Wildman–Crippen MR) is 59.0 cm³/mol. The molecule has 1 heterocycles. The Balaban J connectivity index is 2.20. The van der Waals surface area contributed by atoms with Crippen LogP contribution in [0, 0.1) is 5.82 Å². The van der Waals surface area contributed by atoms with Crippen LogP contribution >= 0.6 is 11.6 Å². The van der Waals surface area contributed by atoms with Gasteiger partial charge < -0.3 is 9.64 Å². The van der Waals surface area contributed by atoms with E-state index in [9.17, 15) is 4.39 Å². The average molecular weight is 230 g/mol. The lowest BCUT2D eigenvalue weighted by Gasteiger charge is -2.19. The summed E-state index contributed by atoms with van der Waals surface area (Å²) in [4.78, 5) is 1.97. The molecule has 1 saturated heterocycles. The van der Waals surface area contributed by atoms with Gasteiger partial charge in [0.05, 0.1) is 16.8 Å². The molecule has 0 spiro atoms. The van der Waals surface area contributed by atoms with Crippen molar-refractivity contribution in [2.45, 2.75) is 12.5 Å². The monoisotopic (exact) mass is 229 g/mol. The first kappa shape index (κ1) is 10.7. The van der Waals surface area contributed by atoms with Crippen molar-refractivity contribution in [3.05, 3.63) is 29.0 Å². The molecule has 15 heavy (non-hydrogen) atoms. The first-order valence-electron chi connectivity index (χ1n) is 4.94. The van der Waals surface area contributed by atoms with Gasteiger partial charge in [-0.3, -0.25) is 0 Å². The van der Waals surface area contributed by atoms with Crippen molar-refractivity contribution in [2.24, 2.45) is 0 Å². The second-order valence-electron chi connectivity index (χ2n) is 3.67. The summed E-state index contributed by atoms with van der Waals surface area (Å²) in [6.07, 6.45) is 1.13. The second-order valence-corrected chi connectivity index (χ2v) is 4.07. The molecule has 1 aliphatic heterocycles. The van der Waals surface area contributed by atoms with Crippen LogP contribution in [0.5, 0.6) is 0 Å². The van der Waals surface area contributed by atoms with E-state index in [1.165, 1.54) is 0 Å². The Labute approximate surface area is 93.6 Å². The Morgan fingerprint density at radius 2 is 2.33 bits per heavy atom. The highest BCUT2D eigenvalue weighted by Crippen LogP contribution is 2.28. The quantitative estimate of drug-likeness (QED) is 0.773. The van der Waals surface area contributed by atoms with Gasteiger partial charge in [-0.25, -0.2) is 4.39 Å². The number of hydrogen-bond acceptors (Lipinski definition) is 2. The van der Waals surface area contributed by atoms with Crippen LogP contribution in [0.15, 0.2) is 18.2 Å². The summed E-state index contributed by atoms with van der Waals surface area (Å²) < 4.78 is 18.9. The fourth-order valence-corrected chi connectivity index (χ4v) is 2.05. The average Bonchev–Trinajstić information content (AvgIpc) is 2.70. The minimum atomic E-state index is -0.337. The van der Waals surface area contributed by atoms with Crippen molar-refractivity contribution in [2.75, 3.05) is 25.1 Å². The van der Waals surface area contributed by atoms with Gasteiger partial charge in [0.15, 0.2) is 5.82 Å². The molecule has 1 atom stereocenters. The molecule has 1 fully saturated rings. The minimum Gasteiger partial charge on any atom is -0.380 e. The van der Waals surface area contributed by atoms with Gasteiger partial charge in [-0.05, 0) is 18.6 Å². The molecule has 2 rings (SSSR count). The van der Waals surface area contributed by atoms with Gasteiger partial charge in [-0.2, -0.15) is 0 Å². The van der Waals surface area contributed by atoms with Crippen molar-refractivity contribution in [1.29, 1.82) is 0 Å². The van der Waals surface area contributed by atoms with E-state index in [2.05, 4.69) is 0 Å². The number of methoxy groups -OCH3 is 1. The zero-order chi connectivity index (χ0) is 10.8. The van der Waals surface area contributed by atoms with Crippen molar-refractivity contribution in [3.63, 3.8) is 0 Å². The van der Waals surface area contributed by atoms with Crippen LogP contribution in [0.1, 0.15) is 6.42 Å². The Hall–Kier alpha value is -0.800. The van der Waals surface area contributed by atoms with Crippen LogP contribution in [0.2, 0.25) is 5.02 Å². The van der Waals surface area contributed by atoms with Crippen molar-refractivity contribution < 1.29 is 9.13 Å². The smallest absolute Gasteiger partial charge is 0.165 e. The maximum atomic E-state index is 13.7. The first-order chi connectivity index (χ1) is 7.22. The number of ether oxygens (including phenoxy) is 1. The molecule has 1 aromatic rings. The lowest BCUT2D eigenvalue weighted by atomic mass is 10.3. The highest BCUT2D eigenvalue weighted by molar-refractivity contribution is 6.31. The molecular formula is C11H13ClFNO. The van der Waals surface area contributed by atoms with E-state index >= 15 is 0 Å². The standard InChI is InChI=1S/C11H13ClFNO/c1-15-8-5-6-14(7-8)10-4-2-3-9(12)11(10)13/h2-4,8H,5-7H2,1H3. The summed E-state index contributed by atoms with van der Waals surface area (Å²) in [7, 11) is 1.68. The van der Waals surface area contributed by atoms with Gasteiger partial charge >= 0.3 is 0 Å². The number of hydrogen-bond donors (Lipinski definition) is 0. The van der Waals surface area contributed by atoms with Gasteiger partial charge in [0.2, 0.25) is 0 Å². The topological polar surface area (TPSA) is 12.5 Å². The van der Waals surface area contributed by atoms with Gasteiger partial charge in [0.1, 0.15) is 0 Å². The largest absolute Gasteiger partial charge is 0.380 e. The number of benzene rings is 1. The summed E-state index contributed by atoms with van der Waals surface area (Å²) in [5.41, 5.74) is 0.571. The number of nitrogens with zero attached hydrogens (tertiary/aromatic N) is 1. The molecule has 0 aromatic heterocycles. The van der Waals surface area contributed by atoms with Gasteiger partial charge in [-0.1, -0.05) is 17.7 Å². The van der Waals surface area contributed by atoms with Crippen LogP contribution < -0.4 is 4.90 Å². The maximum Gasteiger partial charge on any atom is 0.165 e. The third-order valence-corrected chi connectivity index (χ3v) is 3.04. The molecule has 1 unspecified atom stereocenters. The third kappa shape index (κ3) is 2.08. The second kappa shape index (κ2) is 4.37. The van der Waals surface area contributed by atoms with Crippen LogP contribution in [-0.2, 0) is 4.74 Å². The lowest BCUT2D eigenvalue weighted by molar-refractivity contribution is 0.121. The molecular weight excluding hydrogens is 217 g/mol. The zero-order valence-electron chi connectivity index (χ0n) is 8.54. The van der Waals surface area contributed by atoms with E-state index in [-0.39, 0.29) is 16.9 Å². The van der Waals surface area contributed by atoms with Gasteiger partial charge in [-0.15, -0.1) is 0 Å². The van der Waals surface area contributed by atoms with Gasteiger partial charge in [0.25, 0.3) is 0 Å². The van der Waals surface area contributed by atoms with Crippen LogP contribution in [0.3, 0.4) is 0 Å². The number of anilines is 1. The Morgan fingerprint density at radius 1 is 1.53 bits per heavy atom. The zero-order valence-corrected chi connectivity index (χ0v) is 9.30. The van der Waals surface area contributed by atoms with Crippen molar-refractivity contribution >= 4 is 17.3 Å². The maximum absolute atomic E-state index is 13.7. The summed E-state index contributed by atoms with van der Waals surface area (Å²) in [5, 5.41) is 0.174. The Bertz CT molecular complexity index is 358. The fourth-order valence-electron chi connectivity index (χ4n) is 1.88. The highest BCUT2D eigenvalue weighted by atomic mass is 35.5. The molecule has 1 aliphatic rings. The molecule has 82 valence electrons. The predicted octanol–water partition coefficient (Wildman–Crippen LogP) is 2.70. The van der Waals surface area contributed by atoms with Crippen LogP contribution in [0.4, 0.5) is 10.1 Å². The van der Waals surface area contributed by atoms with E-state index in [0.717, 1.165) is 19.5 Å². The highest BCUT2D eigenvalue weighted by Gasteiger charge is 2.24. The molecule has 1 aromatic carbocycles. The molecule has 0 aliphatic carbocycles. The molecule has 0 bridgehead atoms. The minimum absolute atomic E-state index is 0.174. The normalized spacial score (nSPS) is 21.0. The van der Waals surface area contributed by atoms with Crippen LogP contribution in [0.25, 0.3) is 0 Å². The van der Waals surface area contributed by atoms with E-state index in [1.54, 1.807) is 25.3 Å². The number of halogens is 2. The van der Waals surface area contributed by atoms with Crippen LogP contribution in [-0.4, -0.2) is 26.3 Å². The molecule has 2 nitrogen and oxygen atoms in total. The summed E-state index contributed by atoms with van der Waals surface area (Å²) in [6, 6.07) is 5.07. The molecule has 0 saturated carbocycles. The molecule has 0 N–H and O–H groups in total. The van der Waals surface area contributed by atoms with Crippen molar-refractivity contribution in [3.8, 4) is 0 Å². The Morgan fingerprint density at radius 3 is 3.00 bits per heavy atom. The van der Waals surface area contributed by atoms with Gasteiger partial charge in [0, 0.05) is 20.2 Å². The summed E-state index contributed by atoms with van der Waals surface area (Å²) in [5.74, 6) is -0.337. The number of rotatable bonds is 2. The molecule has 0 radical (unpaired) electrons. The molecule has 0 amide bonds. The third-order valence-electron chi connectivity index (χ3n) is 2.75. The Kier molecular flexibility index (Phi) is 3.12. The molecule has 4 heteroatoms. The lowest BCUT2D eigenvalue weighted by Crippen LogP contribution is -2.23. The summed E-state index contributed by atoms with van der Waals surface area (Å²) >= 11 is 5.73. The summed E-state index contributed by atoms with van der Waals surface area (Å²) in [6.45, 7) is 1.55. The first-order valence-corrected chi connectivity index (χ1v) is 5.32. The SMILES string of the molecule is COC1CCN(c2cccc(Cl)c2F)C1. The van der Waals surface area contributed by atoms with E-state index in [0.29, 0.717) is 5.69 Å². The van der Waals surface area contributed by atoms with Crippen molar-refractivity contribution in [1.82, 2.24) is 0 Å². The van der Waals surface area contributed by atoms with E-state index in [4.69, 9.17) is 16.3 Å². The van der Waals surface area contributed by atoms with E-state index < -0.39 is 0 Å². The fraction of sp³-hybridized carbons (Fsp3) is 0.455.